The van der Waals surface area contributed by atoms with E-state index in [1.165, 1.54) is 0 Å². The number of hydrogen-bond acceptors (Lipinski definition) is 4. The minimum Gasteiger partial charge on any atom is -0.391 e. The van der Waals surface area contributed by atoms with Gasteiger partial charge in [0.1, 0.15) is 0 Å². The number of aliphatic hydroxyl groups excluding tert-OH is 1. The van der Waals surface area contributed by atoms with Gasteiger partial charge in [0, 0.05) is 38.8 Å². The van der Waals surface area contributed by atoms with Gasteiger partial charge in [0.25, 0.3) is 0 Å². The van der Waals surface area contributed by atoms with Crippen LogP contribution in [0.25, 0.3) is 0 Å². The Kier molecular flexibility index (Phi) is 8.64. The van der Waals surface area contributed by atoms with E-state index in [0.717, 1.165) is 51.9 Å². The lowest BCUT2D eigenvalue weighted by Crippen LogP contribution is -2.49. The Morgan fingerprint density at radius 1 is 1.38 bits per heavy atom. The van der Waals surface area contributed by atoms with Gasteiger partial charge in [0.15, 0.2) is 0 Å². The minimum absolute atomic E-state index is 0.156. The first-order valence-electron chi connectivity index (χ1n) is 8.10. The van der Waals surface area contributed by atoms with Crippen LogP contribution in [0.5, 0.6) is 0 Å². The molecule has 1 rings (SSSR count). The van der Waals surface area contributed by atoms with Crippen LogP contribution in [0.3, 0.4) is 0 Å². The highest BCUT2D eigenvalue weighted by atomic mass is 16.3. The Bertz CT molecular complexity index is 291. The van der Waals surface area contributed by atoms with Crippen molar-refractivity contribution in [3.63, 3.8) is 0 Å². The summed E-state index contributed by atoms with van der Waals surface area (Å²) in [5, 5.41) is 15.3. The highest BCUT2D eigenvalue weighted by Crippen LogP contribution is 2.09. The molecule has 3 N–H and O–H groups in total. The summed E-state index contributed by atoms with van der Waals surface area (Å²) in [5.74, 6) is 0. The van der Waals surface area contributed by atoms with Crippen LogP contribution in [0.4, 0.5) is 4.79 Å². The first kappa shape index (κ1) is 18.2. The number of nitrogens with zero attached hydrogens (tertiary/aromatic N) is 2. The van der Waals surface area contributed by atoms with Crippen molar-refractivity contribution in [1.29, 1.82) is 0 Å². The minimum atomic E-state index is -0.436. The molecule has 0 aromatic carbocycles. The molecule has 0 aromatic heterocycles. The maximum absolute atomic E-state index is 11.8. The third-order valence-electron chi connectivity index (χ3n) is 3.91. The molecule has 0 radical (unpaired) electrons. The predicted molar refractivity (Wildman–Crippen MR) is 85.5 cm³/mol. The Balaban J connectivity index is 2.12. The molecule has 1 aliphatic rings. The van der Waals surface area contributed by atoms with Gasteiger partial charge in [0.05, 0.1) is 6.10 Å². The van der Waals surface area contributed by atoms with Crippen molar-refractivity contribution in [3.05, 3.63) is 0 Å². The van der Waals surface area contributed by atoms with E-state index in [1.807, 2.05) is 6.92 Å². The number of carbonyl (C=O) groups is 1. The SMILES string of the molecule is CCCC(O)CNC(=O)NC1CCN(CCN(C)C)CC1. The van der Waals surface area contributed by atoms with Crippen LogP contribution >= 0.6 is 0 Å². The Labute approximate surface area is 128 Å². The molecule has 2 amide bonds. The molecule has 0 bridgehead atoms. The molecular formula is C15H32N4O2. The largest absolute Gasteiger partial charge is 0.391 e. The summed E-state index contributed by atoms with van der Waals surface area (Å²) in [4.78, 5) is 16.4. The van der Waals surface area contributed by atoms with Crippen LogP contribution in [0.15, 0.2) is 0 Å². The van der Waals surface area contributed by atoms with Gasteiger partial charge in [0.2, 0.25) is 0 Å². The Morgan fingerprint density at radius 2 is 2.05 bits per heavy atom. The first-order valence-corrected chi connectivity index (χ1v) is 8.10. The summed E-state index contributed by atoms with van der Waals surface area (Å²) < 4.78 is 0. The van der Waals surface area contributed by atoms with E-state index in [-0.39, 0.29) is 12.1 Å². The average Bonchev–Trinajstić information content (AvgIpc) is 2.45. The topological polar surface area (TPSA) is 67.8 Å². The number of rotatable bonds is 8. The number of piperidine rings is 1. The molecule has 1 atom stereocenters. The summed E-state index contributed by atoms with van der Waals surface area (Å²) in [6.07, 6.45) is 3.21. The van der Waals surface area contributed by atoms with Crippen LogP contribution in [0.2, 0.25) is 0 Å². The zero-order chi connectivity index (χ0) is 15.7. The van der Waals surface area contributed by atoms with Crippen molar-refractivity contribution < 1.29 is 9.90 Å². The van der Waals surface area contributed by atoms with Crippen LogP contribution in [0, 0.1) is 0 Å². The molecule has 1 saturated heterocycles. The van der Waals surface area contributed by atoms with E-state index in [9.17, 15) is 9.90 Å². The van der Waals surface area contributed by atoms with E-state index in [0.29, 0.717) is 6.54 Å². The van der Waals surface area contributed by atoms with E-state index in [1.54, 1.807) is 0 Å². The fourth-order valence-corrected chi connectivity index (χ4v) is 2.52. The number of likely N-dealkylation sites (tertiary alicyclic amines) is 1. The van der Waals surface area contributed by atoms with Crippen molar-refractivity contribution in [2.45, 2.75) is 44.8 Å². The van der Waals surface area contributed by atoms with Gasteiger partial charge in [-0.1, -0.05) is 13.3 Å². The highest BCUT2D eigenvalue weighted by molar-refractivity contribution is 5.74. The molecule has 6 heteroatoms. The lowest BCUT2D eigenvalue weighted by molar-refractivity contribution is 0.156. The molecule has 1 fully saturated rings. The Morgan fingerprint density at radius 3 is 2.62 bits per heavy atom. The smallest absolute Gasteiger partial charge is 0.315 e. The Hall–Kier alpha value is -0.850. The molecule has 6 nitrogen and oxygen atoms in total. The van der Waals surface area contributed by atoms with Gasteiger partial charge in [-0.25, -0.2) is 4.79 Å². The maximum atomic E-state index is 11.8. The second-order valence-corrected chi connectivity index (χ2v) is 6.22. The lowest BCUT2D eigenvalue weighted by atomic mass is 10.1. The van der Waals surface area contributed by atoms with Crippen molar-refractivity contribution in [2.75, 3.05) is 46.8 Å². The van der Waals surface area contributed by atoms with E-state index in [2.05, 4.69) is 34.5 Å². The zero-order valence-electron chi connectivity index (χ0n) is 13.8. The highest BCUT2D eigenvalue weighted by Gasteiger charge is 2.20. The van der Waals surface area contributed by atoms with Gasteiger partial charge in [-0.2, -0.15) is 0 Å². The molecule has 1 aliphatic heterocycles. The second kappa shape index (κ2) is 9.97. The third kappa shape index (κ3) is 8.24. The predicted octanol–water partition coefficient (Wildman–Crippen LogP) is 0.473. The maximum Gasteiger partial charge on any atom is 0.315 e. The fraction of sp³-hybridized carbons (Fsp3) is 0.933. The summed E-state index contributed by atoms with van der Waals surface area (Å²) in [5.41, 5.74) is 0. The number of likely N-dealkylation sites (N-methyl/N-ethyl adjacent to an activating group) is 1. The van der Waals surface area contributed by atoms with Gasteiger partial charge in [-0.05, 0) is 33.4 Å². The first-order chi connectivity index (χ1) is 10.0. The van der Waals surface area contributed by atoms with Crippen molar-refractivity contribution >= 4 is 6.03 Å². The average molecular weight is 300 g/mol. The van der Waals surface area contributed by atoms with Crippen molar-refractivity contribution in [3.8, 4) is 0 Å². The van der Waals surface area contributed by atoms with Gasteiger partial charge in [-0.3, -0.25) is 0 Å². The molecule has 1 unspecified atom stereocenters. The lowest BCUT2D eigenvalue weighted by Gasteiger charge is -2.33. The number of hydrogen-bond donors (Lipinski definition) is 3. The number of amides is 2. The summed E-state index contributed by atoms with van der Waals surface area (Å²) in [6.45, 7) is 6.60. The van der Waals surface area contributed by atoms with Crippen LogP contribution < -0.4 is 10.6 Å². The quantitative estimate of drug-likeness (QED) is 0.610. The molecule has 0 aliphatic carbocycles. The number of carbonyl (C=O) groups excluding carboxylic acids is 1. The number of aliphatic hydroxyl groups is 1. The number of nitrogens with one attached hydrogen (secondary N) is 2. The van der Waals surface area contributed by atoms with Gasteiger partial charge in [-0.15, -0.1) is 0 Å². The van der Waals surface area contributed by atoms with E-state index >= 15 is 0 Å². The van der Waals surface area contributed by atoms with Gasteiger partial charge < -0.3 is 25.5 Å². The molecule has 21 heavy (non-hydrogen) atoms. The molecule has 124 valence electrons. The fourth-order valence-electron chi connectivity index (χ4n) is 2.52. The second-order valence-electron chi connectivity index (χ2n) is 6.22. The normalized spacial score (nSPS) is 18.7. The van der Waals surface area contributed by atoms with Crippen LogP contribution in [0.1, 0.15) is 32.6 Å². The molecule has 0 aromatic rings. The zero-order valence-corrected chi connectivity index (χ0v) is 13.8. The monoisotopic (exact) mass is 300 g/mol. The van der Waals surface area contributed by atoms with Crippen molar-refractivity contribution in [2.24, 2.45) is 0 Å². The molecular weight excluding hydrogens is 268 g/mol. The van der Waals surface area contributed by atoms with Crippen LogP contribution in [-0.2, 0) is 0 Å². The summed E-state index contributed by atoms with van der Waals surface area (Å²) in [6, 6.07) is 0.0980. The third-order valence-corrected chi connectivity index (χ3v) is 3.91. The van der Waals surface area contributed by atoms with Crippen LogP contribution in [-0.4, -0.2) is 79.9 Å². The number of urea groups is 1. The van der Waals surface area contributed by atoms with Gasteiger partial charge >= 0.3 is 6.03 Å². The van der Waals surface area contributed by atoms with Crippen molar-refractivity contribution in [1.82, 2.24) is 20.4 Å². The molecule has 0 spiro atoms. The molecule has 1 heterocycles. The molecule has 0 saturated carbocycles. The summed E-state index contributed by atoms with van der Waals surface area (Å²) in [7, 11) is 4.18. The van der Waals surface area contributed by atoms with E-state index < -0.39 is 6.10 Å². The summed E-state index contributed by atoms with van der Waals surface area (Å²) >= 11 is 0. The standard InChI is InChI=1S/C15H32N4O2/c1-4-5-14(20)12-16-15(21)17-13-6-8-19(9-7-13)11-10-18(2)3/h13-14,20H,4-12H2,1-3H3,(H2,16,17,21). The van der Waals surface area contributed by atoms with E-state index in [4.69, 9.17) is 0 Å².